The van der Waals surface area contributed by atoms with Crippen LogP contribution < -0.4 is 15.2 Å². The van der Waals surface area contributed by atoms with Crippen LogP contribution in [0.4, 0.5) is 5.82 Å². The molecule has 0 saturated carbocycles. The lowest BCUT2D eigenvalue weighted by Crippen LogP contribution is -2.09. The highest BCUT2D eigenvalue weighted by atomic mass is 16.5. The van der Waals surface area contributed by atoms with Gasteiger partial charge in [0, 0.05) is 7.11 Å². The predicted octanol–water partition coefficient (Wildman–Crippen LogP) is 2.62. The topological polar surface area (TPSA) is 97.3 Å². The Balaban J connectivity index is 2.01. The molecule has 2 N–H and O–H groups in total. The minimum Gasteiger partial charge on any atom is -0.468 e. The third-order valence-corrected chi connectivity index (χ3v) is 4.64. The highest BCUT2D eigenvalue weighted by Crippen LogP contribution is 2.27. The zero-order valence-electron chi connectivity index (χ0n) is 16.9. The van der Waals surface area contributed by atoms with E-state index in [1.54, 1.807) is 14.2 Å². The first kappa shape index (κ1) is 19.9. The first-order valence-electron chi connectivity index (χ1n) is 9.41. The molecule has 0 amide bonds. The summed E-state index contributed by atoms with van der Waals surface area (Å²) in [6.07, 6.45) is 2.01. The summed E-state index contributed by atoms with van der Waals surface area (Å²) >= 11 is 0. The quantitative estimate of drug-likeness (QED) is 0.565. The molecule has 0 aliphatic rings. The van der Waals surface area contributed by atoms with Crippen LogP contribution in [0.15, 0.2) is 18.2 Å². The average Bonchev–Trinajstić information content (AvgIpc) is 3.06. The van der Waals surface area contributed by atoms with Crippen molar-refractivity contribution in [3.63, 3.8) is 0 Å². The second-order valence-corrected chi connectivity index (χ2v) is 6.40. The number of nitrogens with zero attached hydrogens (tertiary/aromatic N) is 4. The van der Waals surface area contributed by atoms with E-state index < -0.39 is 0 Å². The average molecular weight is 385 g/mol. The third kappa shape index (κ3) is 4.01. The van der Waals surface area contributed by atoms with Crippen molar-refractivity contribution < 1.29 is 14.2 Å². The second kappa shape index (κ2) is 8.88. The maximum Gasteiger partial charge on any atom is 0.320 e. The summed E-state index contributed by atoms with van der Waals surface area (Å²) in [5, 5.41) is 0. The largest absolute Gasteiger partial charge is 0.468 e. The van der Waals surface area contributed by atoms with Crippen molar-refractivity contribution in [1.82, 2.24) is 19.5 Å². The van der Waals surface area contributed by atoms with Crippen molar-refractivity contribution in [2.24, 2.45) is 0 Å². The summed E-state index contributed by atoms with van der Waals surface area (Å²) in [5.74, 6) is 0.255. The molecule has 8 heteroatoms. The maximum absolute atomic E-state index is 6.08. The van der Waals surface area contributed by atoms with Gasteiger partial charge in [0.15, 0.2) is 17.0 Å². The zero-order valence-corrected chi connectivity index (χ0v) is 16.9. The van der Waals surface area contributed by atoms with Crippen molar-refractivity contribution in [2.45, 2.75) is 33.2 Å². The molecule has 0 unspecified atom stereocenters. The van der Waals surface area contributed by atoms with E-state index in [0.29, 0.717) is 36.9 Å². The number of methoxy groups -OCH3 is 2. The highest BCUT2D eigenvalue weighted by Gasteiger charge is 2.18. The van der Waals surface area contributed by atoms with E-state index in [2.05, 4.69) is 47.0 Å². The molecule has 0 fully saturated rings. The van der Waals surface area contributed by atoms with E-state index in [4.69, 9.17) is 19.9 Å². The van der Waals surface area contributed by atoms with Gasteiger partial charge >= 0.3 is 6.01 Å². The van der Waals surface area contributed by atoms with Crippen LogP contribution in [0.2, 0.25) is 0 Å². The molecule has 0 radical (unpaired) electrons. The first-order valence-corrected chi connectivity index (χ1v) is 9.41. The summed E-state index contributed by atoms with van der Waals surface area (Å²) in [5.41, 5.74) is 11.0. The standard InChI is InChI=1S/C20H27N5O3/c1-5-14-8-7-13(11-15(14)6-2)12-25-18-16(22-20(25)27-4)17(21)23-19(24-18)28-10-9-26-3/h7-8,11H,5-6,9-10,12H2,1-4H3,(H2,21,23,24). The number of aromatic nitrogens is 4. The van der Waals surface area contributed by atoms with Gasteiger partial charge in [0.1, 0.15) is 6.61 Å². The molecule has 3 aromatic rings. The van der Waals surface area contributed by atoms with Gasteiger partial charge in [-0.15, -0.1) is 0 Å². The molecule has 0 bridgehead atoms. The van der Waals surface area contributed by atoms with Crippen LogP contribution in [0.1, 0.15) is 30.5 Å². The van der Waals surface area contributed by atoms with Gasteiger partial charge < -0.3 is 19.9 Å². The van der Waals surface area contributed by atoms with Crippen molar-refractivity contribution in [2.75, 3.05) is 33.2 Å². The van der Waals surface area contributed by atoms with Crippen molar-refractivity contribution >= 4 is 17.0 Å². The number of benzene rings is 1. The lowest BCUT2D eigenvalue weighted by atomic mass is 10.00. The fourth-order valence-corrected chi connectivity index (χ4v) is 3.19. The normalized spacial score (nSPS) is 11.1. The Morgan fingerprint density at radius 2 is 1.79 bits per heavy atom. The molecule has 0 aliphatic carbocycles. The van der Waals surface area contributed by atoms with Gasteiger partial charge in [0.2, 0.25) is 0 Å². The Kier molecular flexibility index (Phi) is 6.30. The van der Waals surface area contributed by atoms with Crippen LogP contribution in [-0.4, -0.2) is 47.0 Å². The molecule has 150 valence electrons. The minimum atomic E-state index is 0.196. The summed E-state index contributed by atoms with van der Waals surface area (Å²) in [7, 11) is 3.19. The van der Waals surface area contributed by atoms with E-state index >= 15 is 0 Å². The fourth-order valence-electron chi connectivity index (χ4n) is 3.19. The minimum absolute atomic E-state index is 0.196. The number of aryl methyl sites for hydroxylation is 2. The monoisotopic (exact) mass is 385 g/mol. The molecule has 2 heterocycles. The van der Waals surface area contributed by atoms with Crippen LogP contribution in [0.5, 0.6) is 12.0 Å². The zero-order chi connectivity index (χ0) is 20.1. The number of fused-ring (bicyclic) bond motifs is 1. The predicted molar refractivity (Wildman–Crippen MR) is 108 cm³/mol. The number of nitrogens with two attached hydrogens (primary N) is 1. The maximum atomic E-state index is 6.08. The molecular formula is C20H27N5O3. The van der Waals surface area contributed by atoms with Crippen LogP contribution in [-0.2, 0) is 24.1 Å². The summed E-state index contributed by atoms with van der Waals surface area (Å²) < 4.78 is 17.9. The molecule has 0 spiro atoms. The number of hydrogen-bond acceptors (Lipinski definition) is 7. The molecule has 8 nitrogen and oxygen atoms in total. The fraction of sp³-hybridized carbons (Fsp3) is 0.450. The lowest BCUT2D eigenvalue weighted by molar-refractivity contribution is 0.141. The highest BCUT2D eigenvalue weighted by molar-refractivity contribution is 5.83. The van der Waals surface area contributed by atoms with Crippen LogP contribution in [0.25, 0.3) is 11.2 Å². The molecule has 0 saturated heterocycles. The van der Waals surface area contributed by atoms with Crippen LogP contribution >= 0.6 is 0 Å². The molecule has 3 rings (SSSR count). The Hall–Kier alpha value is -2.87. The van der Waals surface area contributed by atoms with Gasteiger partial charge in [0.05, 0.1) is 20.3 Å². The molecule has 0 atom stereocenters. The number of imidazole rings is 1. The number of rotatable bonds is 9. The molecule has 0 aliphatic heterocycles. The number of ether oxygens (including phenoxy) is 3. The Labute approximate surface area is 164 Å². The van der Waals surface area contributed by atoms with Crippen molar-refractivity contribution in [3.05, 3.63) is 34.9 Å². The summed E-state index contributed by atoms with van der Waals surface area (Å²) in [6, 6.07) is 7.17. The van der Waals surface area contributed by atoms with E-state index in [-0.39, 0.29) is 11.8 Å². The Morgan fingerprint density at radius 3 is 2.46 bits per heavy atom. The first-order chi connectivity index (χ1) is 13.6. The van der Waals surface area contributed by atoms with Gasteiger partial charge in [-0.1, -0.05) is 32.0 Å². The van der Waals surface area contributed by atoms with Crippen LogP contribution in [0.3, 0.4) is 0 Å². The van der Waals surface area contributed by atoms with E-state index in [0.717, 1.165) is 18.4 Å². The SMILES string of the molecule is CCc1ccc(Cn2c(OC)nc3c(N)nc(OCCOC)nc32)cc1CC. The smallest absolute Gasteiger partial charge is 0.320 e. The summed E-state index contributed by atoms with van der Waals surface area (Å²) in [4.78, 5) is 13.1. The van der Waals surface area contributed by atoms with Crippen LogP contribution in [0, 0.1) is 0 Å². The lowest BCUT2D eigenvalue weighted by Gasteiger charge is -2.12. The van der Waals surface area contributed by atoms with Gasteiger partial charge in [-0.05, 0) is 29.5 Å². The van der Waals surface area contributed by atoms with Gasteiger partial charge in [-0.3, -0.25) is 4.57 Å². The number of nitrogen functional groups attached to an aromatic ring is 1. The molecular weight excluding hydrogens is 358 g/mol. The number of hydrogen-bond donors (Lipinski definition) is 1. The summed E-state index contributed by atoms with van der Waals surface area (Å²) in [6.45, 7) is 5.68. The Bertz CT molecular complexity index is 955. The molecule has 1 aromatic carbocycles. The van der Waals surface area contributed by atoms with Gasteiger partial charge in [-0.2, -0.15) is 15.0 Å². The van der Waals surface area contributed by atoms with E-state index in [9.17, 15) is 0 Å². The van der Waals surface area contributed by atoms with E-state index in [1.165, 1.54) is 11.1 Å². The van der Waals surface area contributed by atoms with Crippen molar-refractivity contribution in [1.29, 1.82) is 0 Å². The van der Waals surface area contributed by atoms with Gasteiger partial charge in [-0.25, -0.2) is 0 Å². The van der Waals surface area contributed by atoms with Gasteiger partial charge in [0.25, 0.3) is 6.01 Å². The van der Waals surface area contributed by atoms with E-state index in [1.807, 2.05) is 4.57 Å². The second-order valence-electron chi connectivity index (χ2n) is 6.40. The molecule has 2 aromatic heterocycles. The number of anilines is 1. The van der Waals surface area contributed by atoms with Crippen molar-refractivity contribution in [3.8, 4) is 12.0 Å². The Morgan fingerprint density at radius 1 is 1.00 bits per heavy atom. The third-order valence-electron chi connectivity index (χ3n) is 4.64. The molecule has 28 heavy (non-hydrogen) atoms.